The fourth-order valence-corrected chi connectivity index (χ4v) is 2.50. The van der Waals surface area contributed by atoms with E-state index >= 15 is 0 Å². The Morgan fingerprint density at radius 2 is 2.12 bits per heavy atom. The van der Waals surface area contributed by atoms with E-state index in [9.17, 15) is 9.90 Å². The van der Waals surface area contributed by atoms with E-state index in [1.165, 1.54) is 0 Å². The van der Waals surface area contributed by atoms with Crippen molar-refractivity contribution >= 4 is 5.78 Å². The van der Waals surface area contributed by atoms with Gasteiger partial charge in [0, 0.05) is 25.0 Å². The molecule has 1 heterocycles. The van der Waals surface area contributed by atoms with Crippen LogP contribution in [0.3, 0.4) is 0 Å². The number of rotatable bonds is 5. The number of Topliss-reactive ketones (excluding diaryl/α,β-unsaturated/α-hetero) is 1. The molecular formula is C12H22N2O2. The number of carbonyl (C=O) groups is 1. The summed E-state index contributed by atoms with van der Waals surface area (Å²) in [4.78, 5) is 16.0. The highest BCUT2D eigenvalue weighted by Gasteiger charge is 2.36. The fraction of sp³-hybridized carbons (Fsp3) is 0.917. The van der Waals surface area contributed by atoms with Gasteiger partial charge in [0.15, 0.2) is 0 Å². The Morgan fingerprint density at radius 3 is 2.69 bits per heavy atom. The van der Waals surface area contributed by atoms with Crippen molar-refractivity contribution in [1.82, 2.24) is 9.80 Å². The molecule has 2 unspecified atom stereocenters. The summed E-state index contributed by atoms with van der Waals surface area (Å²) in [6.45, 7) is 2.13. The normalized spacial score (nSPS) is 31.2. The van der Waals surface area contributed by atoms with Gasteiger partial charge in [-0.3, -0.25) is 9.69 Å². The van der Waals surface area contributed by atoms with Crippen LogP contribution in [0.25, 0.3) is 0 Å². The number of hydrogen-bond donors (Lipinski definition) is 1. The van der Waals surface area contributed by atoms with Gasteiger partial charge in [0.1, 0.15) is 5.78 Å². The minimum absolute atomic E-state index is 0.253. The van der Waals surface area contributed by atoms with Gasteiger partial charge in [-0.15, -0.1) is 0 Å². The largest absolute Gasteiger partial charge is 0.392 e. The first kappa shape index (κ1) is 12.0. The average molecular weight is 226 g/mol. The predicted molar refractivity (Wildman–Crippen MR) is 62.3 cm³/mol. The molecule has 0 aromatic heterocycles. The quantitative estimate of drug-likeness (QED) is 0.714. The van der Waals surface area contributed by atoms with E-state index in [4.69, 9.17) is 0 Å². The lowest BCUT2D eigenvalue weighted by atomic mass is 10.2. The Kier molecular flexibility index (Phi) is 3.62. The maximum absolute atomic E-state index is 11.8. The van der Waals surface area contributed by atoms with Crippen molar-refractivity contribution in [3.05, 3.63) is 0 Å². The second-order valence-electron chi connectivity index (χ2n) is 5.48. The predicted octanol–water partition coefficient (Wildman–Crippen LogP) is -0.0377. The van der Waals surface area contributed by atoms with Crippen LogP contribution in [0.1, 0.15) is 19.3 Å². The van der Waals surface area contributed by atoms with Gasteiger partial charge in [-0.2, -0.15) is 0 Å². The minimum Gasteiger partial charge on any atom is -0.392 e. The maximum atomic E-state index is 11.8. The lowest BCUT2D eigenvalue weighted by Gasteiger charge is -2.25. The maximum Gasteiger partial charge on any atom is 0.149 e. The minimum atomic E-state index is -0.253. The van der Waals surface area contributed by atoms with Crippen LogP contribution < -0.4 is 0 Å². The van der Waals surface area contributed by atoms with E-state index in [2.05, 4.69) is 9.80 Å². The van der Waals surface area contributed by atoms with Crippen molar-refractivity contribution < 1.29 is 9.90 Å². The molecule has 1 saturated carbocycles. The van der Waals surface area contributed by atoms with Crippen LogP contribution in [-0.4, -0.2) is 66.6 Å². The molecule has 1 saturated heterocycles. The molecule has 1 aliphatic carbocycles. The molecule has 4 heteroatoms. The van der Waals surface area contributed by atoms with E-state index in [1.54, 1.807) is 0 Å². The topological polar surface area (TPSA) is 43.8 Å². The van der Waals surface area contributed by atoms with Gasteiger partial charge in [0.05, 0.1) is 12.6 Å². The van der Waals surface area contributed by atoms with Crippen LogP contribution in [0.2, 0.25) is 0 Å². The van der Waals surface area contributed by atoms with Crippen molar-refractivity contribution in [3.63, 3.8) is 0 Å². The molecule has 92 valence electrons. The Labute approximate surface area is 97.2 Å². The molecule has 0 bridgehead atoms. The lowest BCUT2D eigenvalue weighted by Crippen LogP contribution is -2.40. The number of ketones is 1. The van der Waals surface area contributed by atoms with E-state index < -0.39 is 0 Å². The van der Waals surface area contributed by atoms with Crippen LogP contribution >= 0.6 is 0 Å². The van der Waals surface area contributed by atoms with Crippen LogP contribution in [-0.2, 0) is 4.79 Å². The zero-order chi connectivity index (χ0) is 11.7. The van der Waals surface area contributed by atoms with E-state index in [1.807, 2.05) is 14.1 Å². The van der Waals surface area contributed by atoms with Crippen LogP contribution in [0.5, 0.6) is 0 Å². The summed E-state index contributed by atoms with van der Waals surface area (Å²) < 4.78 is 0. The first-order chi connectivity index (χ1) is 7.56. The molecule has 2 atom stereocenters. The first-order valence-corrected chi connectivity index (χ1v) is 6.16. The molecule has 2 rings (SSSR count). The summed E-state index contributed by atoms with van der Waals surface area (Å²) in [6, 6.07) is 0.340. The number of carbonyl (C=O) groups excluding carboxylic acids is 1. The van der Waals surface area contributed by atoms with Crippen molar-refractivity contribution in [2.75, 3.05) is 33.7 Å². The van der Waals surface area contributed by atoms with Crippen LogP contribution in [0.4, 0.5) is 0 Å². The standard InChI is InChI=1S/C12H22N2O2/c1-13(2)6-10-5-11(15)7-14(10)8-12(16)9-3-4-9/h9-11,15H,3-8H2,1-2H3. The number of aliphatic hydroxyl groups is 1. The van der Waals surface area contributed by atoms with Crippen molar-refractivity contribution in [3.8, 4) is 0 Å². The molecular weight excluding hydrogens is 204 g/mol. The molecule has 0 amide bonds. The molecule has 0 spiro atoms. The number of β-amino-alcohol motifs (C(OH)–C–C–N with tert-alkyl or cyclic N) is 1. The summed E-state index contributed by atoms with van der Waals surface area (Å²) >= 11 is 0. The van der Waals surface area contributed by atoms with Gasteiger partial charge in [-0.25, -0.2) is 0 Å². The van der Waals surface area contributed by atoms with E-state index in [0.717, 1.165) is 25.8 Å². The molecule has 0 radical (unpaired) electrons. The number of aliphatic hydroxyl groups excluding tert-OH is 1. The summed E-state index contributed by atoms with van der Waals surface area (Å²) in [5, 5.41) is 9.68. The number of hydrogen-bond acceptors (Lipinski definition) is 4. The zero-order valence-electron chi connectivity index (χ0n) is 10.2. The Balaban J connectivity index is 1.87. The average Bonchev–Trinajstić information content (AvgIpc) is 2.93. The van der Waals surface area contributed by atoms with Gasteiger partial charge in [0.2, 0.25) is 0 Å². The lowest BCUT2D eigenvalue weighted by molar-refractivity contribution is -0.121. The Hall–Kier alpha value is -0.450. The third-order valence-electron chi connectivity index (χ3n) is 3.47. The highest BCUT2D eigenvalue weighted by Crippen LogP contribution is 2.31. The number of likely N-dealkylation sites (N-methyl/N-ethyl adjacent to an activating group) is 1. The smallest absolute Gasteiger partial charge is 0.149 e. The Bertz CT molecular complexity index is 264. The van der Waals surface area contributed by atoms with Gasteiger partial charge in [-0.05, 0) is 33.4 Å². The molecule has 2 fully saturated rings. The van der Waals surface area contributed by atoms with E-state index in [0.29, 0.717) is 30.8 Å². The molecule has 1 N–H and O–H groups in total. The zero-order valence-corrected chi connectivity index (χ0v) is 10.2. The van der Waals surface area contributed by atoms with Crippen molar-refractivity contribution in [2.24, 2.45) is 5.92 Å². The van der Waals surface area contributed by atoms with Gasteiger partial charge in [-0.1, -0.05) is 0 Å². The summed E-state index contributed by atoms with van der Waals surface area (Å²) in [5.41, 5.74) is 0. The fourth-order valence-electron chi connectivity index (χ4n) is 2.50. The van der Waals surface area contributed by atoms with Crippen molar-refractivity contribution in [1.29, 1.82) is 0 Å². The highest BCUT2D eigenvalue weighted by molar-refractivity contribution is 5.85. The van der Waals surface area contributed by atoms with E-state index in [-0.39, 0.29) is 6.10 Å². The number of likely N-dealkylation sites (tertiary alicyclic amines) is 1. The third kappa shape index (κ3) is 3.03. The molecule has 1 aliphatic heterocycles. The molecule has 4 nitrogen and oxygen atoms in total. The van der Waals surface area contributed by atoms with Gasteiger partial charge < -0.3 is 10.0 Å². The summed E-state index contributed by atoms with van der Waals surface area (Å²) in [6.07, 6.45) is 2.70. The highest BCUT2D eigenvalue weighted by atomic mass is 16.3. The molecule has 16 heavy (non-hydrogen) atoms. The van der Waals surface area contributed by atoms with Gasteiger partial charge in [0.25, 0.3) is 0 Å². The van der Waals surface area contributed by atoms with Gasteiger partial charge >= 0.3 is 0 Å². The second-order valence-corrected chi connectivity index (χ2v) is 5.48. The van der Waals surface area contributed by atoms with Crippen LogP contribution in [0, 0.1) is 5.92 Å². The Morgan fingerprint density at radius 1 is 1.44 bits per heavy atom. The summed E-state index contributed by atoms with van der Waals surface area (Å²) in [5.74, 6) is 0.704. The first-order valence-electron chi connectivity index (χ1n) is 6.16. The summed E-state index contributed by atoms with van der Waals surface area (Å²) in [7, 11) is 4.07. The third-order valence-corrected chi connectivity index (χ3v) is 3.47. The molecule has 0 aromatic rings. The van der Waals surface area contributed by atoms with Crippen molar-refractivity contribution in [2.45, 2.75) is 31.4 Å². The van der Waals surface area contributed by atoms with Crippen LogP contribution in [0.15, 0.2) is 0 Å². The monoisotopic (exact) mass is 226 g/mol. The molecule has 2 aliphatic rings. The SMILES string of the molecule is CN(C)CC1CC(O)CN1CC(=O)C1CC1. The second kappa shape index (κ2) is 4.82. The number of nitrogens with zero attached hydrogens (tertiary/aromatic N) is 2. The molecule has 0 aromatic carbocycles.